The van der Waals surface area contributed by atoms with Crippen LogP contribution in [0.1, 0.15) is 0 Å². The zero-order valence-corrected chi connectivity index (χ0v) is 13.7. The number of amides is 2. The maximum atomic E-state index is 12.5. The third-order valence-corrected chi connectivity index (χ3v) is 6.10. The Hall–Kier alpha value is -2.05. The number of likely N-dealkylation sites (tertiary alicyclic amines) is 1. The molecule has 0 radical (unpaired) electrons. The maximum Gasteiger partial charge on any atom is 0.321 e. The average molecular weight is 351 g/mol. The van der Waals surface area contributed by atoms with Crippen molar-refractivity contribution in [3.8, 4) is 0 Å². The summed E-state index contributed by atoms with van der Waals surface area (Å²) in [5, 5.41) is 2.65. The first-order valence-electron chi connectivity index (χ1n) is 7.07. The molecular formula is C16H15ClN2O3S. The van der Waals surface area contributed by atoms with Gasteiger partial charge in [0.2, 0.25) is 0 Å². The van der Waals surface area contributed by atoms with Crippen LogP contribution in [0.3, 0.4) is 0 Å². The number of carbonyl (C=O) groups excluding carboxylic acids is 1. The monoisotopic (exact) mass is 350 g/mol. The van der Waals surface area contributed by atoms with Crippen LogP contribution in [0.2, 0.25) is 5.02 Å². The number of anilines is 1. The number of urea groups is 1. The van der Waals surface area contributed by atoms with Crippen molar-refractivity contribution in [1.82, 2.24) is 4.90 Å². The lowest BCUT2D eigenvalue weighted by Gasteiger charge is -2.38. The van der Waals surface area contributed by atoms with E-state index in [1.54, 1.807) is 24.3 Å². The van der Waals surface area contributed by atoms with Crippen LogP contribution in [-0.4, -0.2) is 37.7 Å². The summed E-state index contributed by atoms with van der Waals surface area (Å²) in [5.41, 5.74) is 0.682. The van der Waals surface area contributed by atoms with E-state index in [2.05, 4.69) is 5.32 Å². The smallest absolute Gasteiger partial charge is 0.321 e. The average Bonchev–Trinajstić information content (AvgIpc) is 2.46. The molecule has 5 nitrogen and oxygen atoms in total. The quantitative estimate of drug-likeness (QED) is 0.925. The lowest BCUT2D eigenvalue weighted by molar-refractivity contribution is 0.182. The first-order valence-corrected chi connectivity index (χ1v) is 9.00. The zero-order chi connectivity index (χ0) is 16.4. The fourth-order valence-corrected chi connectivity index (χ4v) is 4.12. The minimum Gasteiger partial charge on any atom is -0.322 e. The summed E-state index contributed by atoms with van der Waals surface area (Å²) in [4.78, 5) is 13.8. The maximum absolute atomic E-state index is 12.5. The SMILES string of the molecule is O=C(Nc1ccccc1)N1CC(S(=O)(=O)c2ccc(Cl)cc2)C1. The van der Waals surface area contributed by atoms with E-state index in [4.69, 9.17) is 11.6 Å². The fourth-order valence-electron chi connectivity index (χ4n) is 2.34. The Morgan fingerprint density at radius 3 is 2.26 bits per heavy atom. The van der Waals surface area contributed by atoms with Crippen LogP contribution in [0.15, 0.2) is 59.5 Å². The highest BCUT2D eigenvalue weighted by Crippen LogP contribution is 2.25. The molecule has 0 atom stereocenters. The Labute approximate surface area is 139 Å². The predicted octanol–water partition coefficient (Wildman–Crippen LogP) is 3.03. The molecule has 0 bridgehead atoms. The van der Waals surface area contributed by atoms with E-state index in [1.165, 1.54) is 17.0 Å². The molecule has 1 heterocycles. The minimum atomic E-state index is -3.44. The highest BCUT2D eigenvalue weighted by Gasteiger charge is 2.40. The molecule has 0 unspecified atom stereocenters. The number of carbonyl (C=O) groups is 1. The van der Waals surface area contributed by atoms with E-state index in [0.29, 0.717) is 10.7 Å². The molecule has 7 heteroatoms. The normalized spacial score (nSPS) is 15.1. The number of nitrogens with one attached hydrogen (secondary N) is 1. The lowest BCUT2D eigenvalue weighted by atomic mass is 10.2. The van der Waals surface area contributed by atoms with Gasteiger partial charge in [0.15, 0.2) is 9.84 Å². The molecule has 1 saturated heterocycles. The topological polar surface area (TPSA) is 66.5 Å². The van der Waals surface area contributed by atoms with Crippen LogP contribution in [0.4, 0.5) is 10.5 Å². The van der Waals surface area contributed by atoms with Gasteiger partial charge in [0.1, 0.15) is 5.25 Å². The van der Waals surface area contributed by atoms with Gasteiger partial charge in [0, 0.05) is 23.8 Å². The molecule has 3 rings (SSSR count). The van der Waals surface area contributed by atoms with Crippen LogP contribution in [0.5, 0.6) is 0 Å². The van der Waals surface area contributed by atoms with Gasteiger partial charge in [0.25, 0.3) is 0 Å². The molecule has 120 valence electrons. The molecule has 23 heavy (non-hydrogen) atoms. The fraction of sp³-hybridized carbons (Fsp3) is 0.188. The summed E-state index contributed by atoms with van der Waals surface area (Å²) < 4.78 is 24.9. The number of nitrogens with zero attached hydrogens (tertiary/aromatic N) is 1. The van der Waals surface area contributed by atoms with E-state index in [1.807, 2.05) is 18.2 Å². The van der Waals surface area contributed by atoms with Crippen molar-refractivity contribution in [1.29, 1.82) is 0 Å². The third-order valence-electron chi connectivity index (χ3n) is 3.74. The van der Waals surface area contributed by atoms with Crippen LogP contribution in [-0.2, 0) is 9.84 Å². The van der Waals surface area contributed by atoms with E-state index < -0.39 is 15.1 Å². The Morgan fingerprint density at radius 1 is 1.04 bits per heavy atom. The number of rotatable bonds is 3. The van der Waals surface area contributed by atoms with Crippen molar-refractivity contribution in [2.45, 2.75) is 10.1 Å². The second-order valence-corrected chi connectivity index (χ2v) is 7.99. The second-order valence-electron chi connectivity index (χ2n) is 5.32. The Balaban J connectivity index is 1.62. The highest BCUT2D eigenvalue weighted by atomic mass is 35.5. The van der Waals surface area contributed by atoms with Gasteiger partial charge in [-0.3, -0.25) is 0 Å². The minimum absolute atomic E-state index is 0.184. The standard InChI is InChI=1S/C16H15ClN2O3S/c17-12-6-8-14(9-7-12)23(21,22)15-10-19(11-15)16(20)18-13-4-2-1-3-5-13/h1-9,15H,10-11H2,(H,18,20). The van der Waals surface area contributed by atoms with Crippen molar-refractivity contribution in [3.05, 3.63) is 59.6 Å². The van der Waals surface area contributed by atoms with E-state index in [0.717, 1.165) is 0 Å². The molecule has 2 aromatic carbocycles. The molecule has 1 fully saturated rings. The molecule has 0 aliphatic carbocycles. The summed E-state index contributed by atoms with van der Waals surface area (Å²) in [7, 11) is -3.44. The van der Waals surface area contributed by atoms with Gasteiger partial charge >= 0.3 is 6.03 Å². The van der Waals surface area contributed by atoms with Gasteiger partial charge in [-0.2, -0.15) is 0 Å². The van der Waals surface area contributed by atoms with Crippen molar-refractivity contribution < 1.29 is 13.2 Å². The molecule has 0 aromatic heterocycles. The third kappa shape index (κ3) is 3.33. The van der Waals surface area contributed by atoms with Gasteiger partial charge in [0.05, 0.1) is 4.90 Å². The van der Waals surface area contributed by atoms with Crippen molar-refractivity contribution >= 4 is 33.2 Å². The predicted molar refractivity (Wildman–Crippen MR) is 89.5 cm³/mol. The molecule has 2 aromatic rings. The molecule has 2 amide bonds. The summed E-state index contributed by atoms with van der Waals surface area (Å²) in [6.07, 6.45) is 0. The van der Waals surface area contributed by atoms with Gasteiger partial charge in [-0.1, -0.05) is 29.8 Å². The second kappa shape index (κ2) is 6.22. The Bertz CT molecular complexity index is 801. The number of para-hydroxylation sites is 1. The number of benzene rings is 2. The van der Waals surface area contributed by atoms with E-state index in [9.17, 15) is 13.2 Å². The van der Waals surface area contributed by atoms with Crippen LogP contribution in [0.25, 0.3) is 0 Å². The first kappa shape index (κ1) is 15.8. The van der Waals surface area contributed by atoms with Crippen LogP contribution >= 0.6 is 11.6 Å². The molecule has 0 spiro atoms. The van der Waals surface area contributed by atoms with Gasteiger partial charge < -0.3 is 10.2 Å². The molecule has 1 N–H and O–H groups in total. The van der Waals surface area contributed by atoms with Crippen molar-refractivity contribution in [2.24, 2.45) is 0 Å². The van der Waals surface area contributed by atoms with Crippen LogP contribution < -0.4 is 5.32 Å². The number of hydrogen-bond donors (Lipinski definition) is 1. The van der Waals surface area contributed by atoms with Crippen molar-refractivity contribution in [3.63, 3.8) is 0 Å². The highest BCUT2D eigenvalue weighted by molar-refractivity contribution is 7.92. The summed E-state index contributed by atoms with van der Waals surface area (Å²) >= 11 is 5.77. The Morgan fingerprint density at radius 2 is 1.65 bits per heavy atom. The van der Waals surface area contributed by atoms with Gasteiger partial charge in [-0.25, -0.2) is 13.2 Å². The summed E-state index contributed by atoms with van der Waals surface area (Å²) in [6, 6.07) is 14.8. The van der Waals surface area contributed by atoms with Gasteiger partial charge in [-0.05, 0) is 36.4 Å². The number of sulfone groups is 1. The molecule has 1 aliphatic rings. The largest absolute Gasteiger partial charge is 0.322 e. The Kier molecular flexibility index (Phi) is 4.28. The number of halogens is 1. The lowest BCUT2D eigenvalue weighted by Crippen LogP contribution is -2.58. The molecule has 1 aliphatic heterocycles. The van der Waals surface area contributed by atoms with E-state index >= 15 is 0 Å². The van der Waals surface area contributed by atoms with Gasteiger partial charge in [-0.15, -0.1) is 0 Å². The van der Waals surface area contributed by atoms with Crippen molar-refractivity contribution in [2.75, 3.05) is 18.4 Å². The molecular weight excluding hydrogens is 336 g/mol. The number of hydrogen-bond acceptors (Lipinski definition) is 3. The molecule has 0 saturated carbocycles. The first-order chi connectivity index (χ1) is 11.0. The zero-order valence-electron chi connectivity index (χ0n) is 12.1. The van der Waals surface area contributed by atoms with E-state index in [-0.39, 0.29) is 24.0 Å². The summed E-state index contributed by atoms with van der Waals surface area (Å²) in [6.45, 7) is 0.368. The van der Waals surface area contributed by atoms with Crippen LogP contribution in [0, 0.1) is 0 Å². The summed E-state index contributed by atoms with van der Waals surface area (Å²) in [5.74, 6) is 0.